The third kappa shape index (κ3) is 2.54. The van der Waals surface area contributed by atoms with Crippen LogP contribution in [0.4, 0.5) is 19.7 Å². The van der Waals surface area contributed by atoms with Gasteiger partial charge >= 0.3 is 0 Å². The first-order valence-electron chi connectivity index (χ1n) is 4.75. The second-order valence-corrected chi connectivity index (χ2v) is 4.10. The first kappa shape index (κ1) is 12.2. The third-order valence-electron chi connectivity index (χ3n) is 1.98. The minimum absolute atomic E-state index is 0.326. The standard InChI is InChI=1S/C10H8F2N4OS/c11-6-1-2-7(17)9(12)5(6)3-14-16-10-15-8(13)4-18-10/h1-4,17H,13H2,(H,15,16). The van der Waals surface area contributed by atoms with Gasteiger partial charge in [-0.3, -0.25) is 5.43 Å². The minimum Gasteiger partial charge on any atom is -0.505 e. The number of phenolic OH excluding ortho intramolecular Hbond substituents is 1. The Bertz CT molecular complexity index is 600. The monoisotopic (exact) mass is 270 g/mol. The summed E-state index contributed by atoms with van der Waals surface area (Å²) >= 11 is 1.20. The number of nitrogens with two attached hydrogens (primary N) is 1. The van der Waals surface area contributed by atoms with E-state index in [1.807, 2.05) is 0 Å². The zero-order valence-electron chi connectivity index (χ0n) is 8.89. The van der Waals surface area contributed by atoms with Crippen molar-refractivity contribution in [3.05, 3.63) is 34.7 Å². The van der Waals surface area contributed by atoms with Crippen LogP contribution in [0, 0.1) is 11.6 Å². The molecule has 2 rings (SSSR count). The van der Waals surface area contributed by atoms with Crippen molar-refractivity contribution in [2.75, 3.05) is 11.2 Å². The summed E-state index contributed by atoms with van der Waals surface area (Å²) in [6, 6.07) is 1.87. The van der Waals surface area contributed by atoms with E-state index in [1.54, 1.807) is 5.38 Å². The fourth-order valence-corrected chi connectivity index (χ4v) is 1.71. The molecule has 0 saturated carbocycles. The Labute approximate surface area is 105 Å². The smallest absolute Gasteiger partial charge is 0.205 e. The SMILES string of the molecule is Nc1csc(NN=Cc2c(F)ccc(O)c2F)n1. The van der Waals surface area contributed by atoms with E-state index >= 15 is 0 Å². The van der Waals surface area contributed by atoms with E-state index in [1.165, 1.54) is 11.3 Å². The van der Waals surface area contributed by atoms with E-state index < -0.39 is 22.9 Å². The van der Waals surface area contributed by atoms with Gasteiger partial charge in [-0.25, -0.2) is 13.8 Å². The van der Waals surface area contributed by atoms with Crippen LogP contribution in [0.5, 0.6) is 5.75 Å². The Morgan fingerprint density at radius 3 is 2.89 bits per heavy atom. The van der Waals surface area contributed by atoms with E-state index in [9.17, 15) is 8.78 Å². The van der Waals surface area contributed by atoms with Gasteiger partial charge in [-0.05, 0) is 12.1 Å². The molecule has 1 heterocycles. The summed E-state index contributed by atoms with van der Waals surface area (Å²) in [7, 11) is 0. The number of phenols is 1. The van der Waals surface area contributed by atoms with Gasteiger partial charge in [0.05, 0.1) is 11.8 Å². The number of thiazole rings is 1. The normalized spacial score (nSPS) is 11.0. The topological polar surface area (TPSA) is 83.5 Å². The van der Waals surface area contributed by atoms with Gasteiger partial charge in [-0.1, -0.05) is 0 Å². The van der Waals surface area contributed by atoms with E-state index in [0.29, 0.717) is 10.9 Å². The third-order valence-corrected chi connectivity index (χ3v) is 2.75. The second-order valence-electron chi connectivity index (χ2n) is 3.24. The highest BCUT2D eigenvalue weighted by Gasteiger charge is 2.10. The Morgan fingerprint density at radius 1 is 1.44 bits per heavy atom. The molecule has 0 aliphatic rings. The van der Waals surface area contributed by atoms with Gasteiger partial charge < -0.3 is 10.8 Å². The number of rotatable bonds is 3. The second kappa shape index (κ2) is 4.96. The number of hydrogen-bond acceptors (Lipinski definition) is 6. The Kier molecular flexibility index (Phi) is 3.38. The predicted octanol–water partition coefficient (Wildman–Crippen LogP) is 2.16. The predicted molar refractivity (Wildman–Crippen MR) is 65.8 cm³/mol. The quantitative estimate of drug-likeness (QED) is 0.589. The molecule has 5 nitrogen and oxygen atoms in total. The van der Waals surface area contributed by atoms with Crippen LogP contribution in [0.2, 0.25) is 0 Å². The molecule has 18 heavy (non-hydrogen) atoms. The molecule has 0 saturated heterocycles. The first-order valence-corrected chi connectivity index (χ1v) is 5.63. The van der Waals surface area contributed by atoms with Crippen LogP contribution in [-0.2, 0) is 0 Å². The molecule has 0 fully saturated rings. The molecule has 4 N–H and O–H groups in total. The summed E-state index contributed by atoms with van der Waals surface area (Å²) in [6.07, 6.45) is 0.919. The Morgan fingerprint density at radius 2 is 2.22 bits per heavy atom. The van der Waals surface area contributed by atoms with Crippen molar-refractivity contribution >= 4 is 28.5 Å². The van der Waals surface area contributed by atoms with Crippen LogP contribution in [0.3, 0.4) is 0 Å². The molecule has 8 heteroatoms. The fraction of sp³-hybridized carbons (Fsp3) is 0. The maximum atomic E-state index is 13.4. The zero-order valence-corrected chi connectivity index (χ0v) is 9.71. The van der Waals surface area contributed by atoms with Crippen molar-refractivity contribution in [2.24, 2.45) is 5.10 Å². The number of benzene rings is 1. The number of nitrogens with zero attached hydrogens (tertiary/aromatic N) is 2. The molecule has 0 atom stereocenters. The van der Waals surface area contributed by atoms with Gasteiger partial charge in [0, 0.05) is 5.38 Å². The molecule has 94 valence electrons. The Balaban J connectivity index is 2.16. The molecule has 1 aromatic carbocycles. The highest BCUT2D eigenvalue weighted by Crippen LogP contribution is 2.20. The average Bonchev–Trinajstić information content (AvgIpc) is 2.74. The van der Waals surface area contributed by atoms with Gasteiger partial charge in [0.25, 0.3) is 0 Å². The number of nitrogens with one attached hydrogen (secondary N) is 1. The van der Waals surface area contributed by atoms with Gasteiger partial charge in [0.2, 0.25) is 5.13 Å². The lowest BCUT2D eigenvalue weighted by molar-refractivity contribution is 0.427. The number of aromatic hydroxyl groups is 1. The van der Waals surface area contributed by atoms with Gasteiger partial charge in [-0.2, -0.15) is 5.10 Å². The first-order chi connectivity index (χ1) is 8.58. The Hall–Kier alpha value is -2.22. The molecule has 0 radical (unpaired) electrons. The van der Waals surface area contributed by atoms with E-state index in [0.717, 1.165) is 18.3 Å². The van der Waals surface area contributed by atoms with E-state index in [-0.39, 0.29) is 0 Å². The summed E-state index contributed by atoms with van der Waals surface area (Å²) in [5.74, 6) is -2.21. The summed E-state index contributed by atoms with van der Waals surface area (Å²) in [5.41, 5.74) is 7.42. The zero-order chi connectivity index (χ0) is 13.1. The molecule has 1 aromatic heterocycles. The largest absolute Gasteiger partial charge is 0.505 e. The molecule has 2 aromatic rings. The number of nitrogen functional groups attached to an aromatic ring is 1. The molecule has 0 spiro atoms. The van der Waals surface area contributed by atoms with Crippen LogP contribution in [0.15, 0.2) is 22.6 Å². The van der Waals surface area contributed by atoms with Crippen molar-refractivity contribution in [2.45, 2.75) is 0 Å². The molecular formula is C10H8F2N4OS. The lowest BCUT2D eigenvalue weighted by atomic mass is 10.2. The molecule has 0 aliphatic carbocycles. The number of anilines is 2. The van der Waals surface area contributed by atoms with E-state index in [4.69, 9.17) is 10.8 Å². The minimum atomic E-state index is -1.07. The number of halogens is 2. The van der Waals surface area contributed by atoms with Crippen molar-refractivity contribution in [3.8, 4) is 5.75 Å². The van der Waals surface area contributed by atoms with Crippen molar-refractivity contribution in [3.63, 3.8) is 0 Å². The molecular weight excluding hydrogens is 262 g/mol. The number of aromatic nitrogens is 1. The maximum Gasteiger partial charge on any atom is 0.205 e. The lowest BCUT2D eigenvalue weighted by Gasteiger charge is -2.00. The van der Waals surface area contributed by atoms with Crippen molar-refractivity contribution in [1.29, 1.82) is 0 Å². The van der Waals surface area contributed by atoms with Crippen LogP contribution in [0.25, 0.3) is 0 Å². The average molecular weight is 270 g/mol. The van der Waals surface area contributed by atoms with Crippen LogP contribution in [0.1, 0.15) is 5.56 Å². The van der Waals surface area contributed by atoms with Crippen LogP contribution < -0.4 is 11.2 Å². The summed E-state index contributed by atoms with van der Waals surface area (Å²) in [4.78, 5) is 3.84. The summed E-state index contributed by atoms with van der Waals surface area (Å²) in [5, 5.41) is 14.7. The number of hydrogen-bond donors (Lipinski definition) is 3. The van der Waals surface area contributed by atoms with Gasteiger partial charge in [0.15, 0.2) is 11.6 Å². The van der Waals surface area contributed by atoms with Gasteiger partial charge in [-0.15, -0.1) is 11.3 Å². The van der Waals surface area contributed by atoms with Crippen molar-refractivity contribution < 1.29 is 13.9 Å². The molecule has 0 amide bonds. The molecule has 0 aliphatic heterocycles. The number of hydrazone groups is 1. The fourth-order valence-electron chi connectivity index (χ4n) is 1.17. The van der Waals surface area contributed by atoms with Crippen LogP contribution >= 0.6 is 11.3 Å². The highest BCUT2D eigenvalue weighted by molar-refractivity contribution is 7.14. The van der Waals surface area contributed by atoms with Crippen molar-refractivity contribution in [1.82, 2.24) is 4.98 Å². The lowest BCUT2D eigenvalue weighted by Crippen LogP contribution is -1.97. The van der Waals surface area contributed by atoms with E-state index in [2.05, 4.69) is 15.5 Å². The van der Waals surface area contributed by atoms with Gasteiger partial charge in [0.1, 0.15) is 11.6 Å². The highest BCUT2D eigenvalue weighted by atomic mass is 32.1. The molecule has 0 bridgehead atoms. The molecule has 0 unspecified atom stereocenters. The maximum absolute atomic E-state index is 13.4. The summed E-state index contributed by atoms with van der Waals surface area (Å²) in [6.45, 7) is 0. The van der Waals surface area contributed by atoms with Crippen LogP contribution in [-0.4, -0.2) is 16.3 Å². The summed E-state index contributed by atoms with van der Waals surface area (Å²) < 4.78 is 26.6.